The van der Waals surface area contributed by atoms with Gasteiger partial charge < -0.3 is 19.3 Å². The van der Waals surface area contributed by atoms with Gasteiger partial charge in [-0.05, 0) is 63.2 Å². The molecular weight excluding hydrogens is 650 g/mol. The molecular formula is C33H35F4N7O5. The van der Waals surface area contributed by atoms with Gasteiger partial charge in [0, 0.05) is 30.8 Å². The Hall–Kier alpha value is -5.38. The first-order valence-electron chi connectivity index (χ1n) is 15.1. The second-order valence-electron chi connectivity index (χ2n) is 11.4. The molecule has 0 fully saturated rings. The van der Waals surface area contributed by atoms with Gasteiger partial charge in [0.1, 0.15) is 11.9 Å². The normalized spacial score (nSPS) is 12.7. The van der Waals surface area contributed by atoms with E-state index in [1.165, 1.54) is 4.68 Å². The van der Waals surface area contributed by atoms with Crippen molar-refractivity contribution < 1.29 is 36.7 Å². The Morgan fingerprint density at radius 2 is 1.82 bits per heavy atom. The van der Waals surface area contributed by atoms with E-state index in [0.29, 0.717) is 48.3 Å². The number of carbonyl (C=O) groups is 1. The molecule has 3 heterocycles. The van der Waals surface area contributed by atoms with Crippen LogP contribution in [0.25, 0.3) is 17.2 Å². The molecule has 0 aliphatic heterocycles. The molecule has 0 saturated heterocycles. The van der Waals surface area contributed by atoms with Gasteiger partial charge in [-0.15, -0.1) is 5.10 Å². The van der Waals surface area contributed by atoms with Crippen LogP contribution in [0.4, 0.5) is 17.6 Å². The summed E-state index contributed by atoms with van der Waals surface area (Å²) in [5.41, 5.74) is 2.55. The smallest absolute Gasteiger partial charge is 0.486 e. The van der Waals surface area contributed by atoms with Gasteiger partial charge in [-0.1, -0.05) is 48.5 Å². The Morgan fingerprint density at radius 1 is 1.12 bits per heavy atom. The molecule has 2 unspecified atom stereocenters. The topological polar surface area (TPSA) is 152 Å². The van der Waals surface area contributed by atoms with Crippen LogP contribution < -0.4 is 10.4 Å². The minimum absolute atomic E-state index is 0.179. The van der Waals surface area contributed by atoms with Crippen molar-refractivity contribution in [1.29, 1.82) is 0 Å². The number of H-pyrrole nitrogens is 1. The van der Waals surface area contributed by atoms with Crippen LogP contribution in [0.3, 0.4) is 0 Å². The van der Waals surface area contributed by atoms with E-state index in [9.17, 15) is 18.0 Å². The zero-order valence-corrected chi connectivity index (χ0v) is 27.3. The summed E-state index contributed by atoms with van der Waals surface area (Å²) in [7, 11) is 3.89. The Kier molecular flexibility index (Phi) is 11.7. The van der Waals surface area contributed by atoms with Gasteiger partial charge >= 0.3 is 17.8 Å². The number of aryl methyl sites for hydroxylation is 2. The van der Waals surface area contributed by atoms with Crippen LogP contribution in [0.1, 0.15) is 48.2 Å². The highest BCUT2D eigenvalue weighted by molar-refractivity contribution is 5.73. The minimum atomic E-state index is -5.08. The summed E-state index contributed by atoms with van der Waals surface area (Å²) >= 11 is 0. The number of pyridine rings is 1. The maximum absolute atomic E-state index is 16.3. The zero-order valence-electron chi connectivity index (χ0n) is 27.3. The van der Waals surface area contributed by atoms with E-state index >= 15 is 4.39 Å². The number of likely N-dealkylation sites (N-methyl/N-ethyl adjacent to an activating group) is 1. The first kappa shape index (κ1) is 36.5. The summed E-state index contributed by atoms with van der Waals surface area (Å²) in [6.07, 6.45) is -2.70. The average molecular weight is 686 g/mol. The summed E-state index contributed by atoms with van der Waals surface area (Å²) < 4.78 is 60.5. The molecule has 3 aromatic heterocycles. The fraction of sp³-hybridized carbons (Fsp3) is 0.333. The second kappa shape index (κ2) is 15.7. The molecule has 16 heteroatoms. The lowest BCUT2D eigenvalue weighted by atomic mass is 9.89. The molecule has 0 bridgehead atoms. The molecule has 0 aliphatic rings. The Labute approximate surface area is 278 Å². The predicted octanol–water partition coefficient (Wildman–Crippen LogP) is 5.35. The lowest BCUT2D eigenvalue weighted by Gasteiger charge is -2.22. The Balaban J connectivity index is 0.000000698. The fourth-order valence-corrected chi connectivity index (χ4v) is 4.92. The number of carboxylic acid groups (broad SMARTS) is 1. The number of rotatable bonds is 11. The number of aromatic nitrogens is 6. The first-order chi connectivity index (χ1) is 23.2. The maximum atomic E-state index is 16.3. The fourth-order valence-electron chi connectivity index (χ4n) is 4.92. The minimum Gasteiger partial charge on any atom is -0.486 e. The molecule has 0 radical (unpaired) electrons. The molecule has 0 spiro atoms. The molecule has 49 heavy (non-hydrogen) atoms. The van der Waals surface area contributed by atoms with Gasteiger partial charge in [-0.3, -0.25) is 4.98 Å². The Bertz CT molecular complexity index is 1910. The van der Waals surface area contributed by atoms with E-state index < -0.39 is 29.6 Å². The van der Waals surface area contributed by atoms with Crippen molar-refractivity contribution in [2.24, 2.45) is 0 Å². The van der Waals surface area contributed by atoms with Crippen LogP contribution in [-0.2, 0) is 17.6 Å². The lowest BCUT2D eigenvalue weighted by molar-refractivity contribution is -0.192. The van der Waals surface area contributed by atoms with E-state index in [0.717, 1.165) is 16.7 Å². The third kappa shape index (κ3) is 9.59. The molecule has 260 valence electrons. The number of carboxylic acids is 1. The quantitative estimate of drug-likeness (QED) is 0.174. The number of aromatic amines is 1. The molecule has 12 nitrogen and oxygen atoms in total. The lowest BCUT2D eigenvalue weighted by Crippen LogP contribution is -2.28. The molecule has 2 atom stereocenters. The van der Waals surface area contributed by atoms with Gasteiger partial charge in [0.25, 0.3) is 0 Å². The molecule has 0 saturated carbocycles. The van der Waals surface area contributed by atoms with Crippen molar-refractivity contribution in [2.45, 2.75) is 51.8 Å². The largest absolute Gasteiger partial charge is 0.490 e. The van der Waals surface area contributed by atoms with E-state index in [4.69, 9.17) is 19.2 Å². The number of hydrogen-bond acceptors (Lipinski definition) is 9. The summed E-state index contributed by atoms with van der Waals surface area (Å²) in [5.74, 6) is -2.02. The van der Waals surface area contributed by atoms with Crippen LogP contribution in [0, 0.1) is 12.7 Å². The molecule has 0 amide bonds. The van der Waals surface area contributed by atoms with Crippen molar-refractivity contribution >= 4 is 5.97 Å². The van der Waals surface area contributed by atoms with Gasteiger partial charge in [-0.25, -0.2) is 19.0 Å². The molecule has 2 N–H and O–H groups in total. The highest BCUT2D eigenvalue weighted by Gasteiger charge is 2.38. The van der Waals surface area contributed by atoms with Gasteiger partial charge in [-0.2, -0.15) is 22.8 Å². The zero-order chi connectivity index (χ0) is 35.9. The van der Waals surface area contributed by atoms with Crippen LogP contribution in [0.15, 0.2) is 70.1 Å². The monoisotopic (exact) mass is 685 g/mol. The van der Waals surface area contributed by atoms with E-state index in [-0.39, 0.29) is 11.9 Å². The Morgan fingerprint density at radius 3 is 2.37 bits per heavy atom. The molecule has 0 aliphatic carbocycles. The number of ether oxygens (including phenoxy) is 1. The summed E-state index contributed by atoms with van der Waals surface area (Å²) in [6.45, 7) is 6.28. The molecule has 2 aromatic carbocycles. The van der Waals surface area contributed by atoms with Gasteiger partial charge in [0.2, 0.25) is 11.7 Å². The van der Waals surface area contributed by atoms with Crippen molar-refractivity contribution in [2.75, 3.05) is 20.6 Å². The van der Waals surface area contributed by atoms with Crippen LogP contribution in [0.2, 0.25) is 0 Å². The third-order valence-corrected chi connectivity index (χ3v) is 7.11. The molecule has 5 aromatic rings. The standard InChI is InChI=1S/C31H34FN7O3.C2HF3O2/c1-6-21-15-24(28(32)26(17-21)41-19(2)18-38(4)5)25(30-35-31(40)39(36-30)27-9-7-8-14-33-27)16-22-10-12-23(13-11-22)29-34-20(3)42-37-29;3-2(4,5)1(6)7/h7-15,17,19,25H,6,16,18H2,1-5H3,(H,35,36,40);(H,6,7). The van der Waals surface area contributed by atoms with Crippen LogP contribution in [0.5, 0.6) is 5.75 Å². The number of nitrogens with one attached hydrogen (secondary N) is 1. The first-order valence-corrected chi connectivity index (χ1v) is 15.1. The second-order valence-corrected chi connectivity index (χ2v) is 11.4. The van der Waals surface area contributed by atoms with E-state index in [1.807, 2.05) is 63.2 Å². The van der Waals surface area contributed by atoms with E-state index in [1.54, 1.807) is 37.4 Å². The van der Waals surface area contributed by atoms with E-state index in [2.05, 4.69) is 25.2 Å². The van der Waals surface area contributed by atoms with Crippen LogP contribution in [-0.4, -0.2) is 78.8 Å². The van der Waals surface area contributed by atoms with Crippen molar-refractivity contribution in [3.05, 3.63) is 106 Å². The number of halogens is 4. The highest BCUT2D eigenvalue weighted by atomic mass is 19.4. The van der Waals surface area contributed by atoms with Crippen LogP contribution >= 0.6 is 0 Å². The van der Waals surface area contributed by atoms with Crippen molar-refractivity contribution in [3.63, 3.8) is 0 Å². The van der Waals surface area contributed by atoms with Crippen molar-refractivity contribution in [3.8, 4) is 23.0 Å². The summed E-state index contributed by atoms with van der Waals surface area (Å²) in [6, 6.07) is 16.4. The highest BCUT2D eigenvalue weighted by Crippen LogP contribution is 2.34. The maximum Gasteiger partial charge on any atom is 0.490 e. The number of aliphatic carboxylic acids is 1. The summed E-state index contributed by atoms with van der Waals surface area (Å²) in [4.78, 5) is 35.3. The number of nitrogens with zero attached hydrogens (tertiary/aromatic N) is 6. The number of hydrogen-bond donors (Lipinski definition) is 2. The number of benzene rings is 2. The predicted molar refractivity (Wildman–Crippen MR) is 170 cm³/mol. The summed E-state index contributed by atoms with van der Waals surface area (Å²) in [5, 5.41) is 15.7. The van der Waals surface area contributed by atoms with Crippen molar-refractivity contribution in [1.82, 2.24) is 34.8 Å². The third-order valence-electron chi connectivity index (χ3n) is 7.11. The van der Waals surface area contributed by atoms with Gasteiger partial charge in [0.05, 0.1) is 5.92 Å². The molecule has 5 rings (SSSR count). The average Bonchev–Trinajstić information content (AvgIpc) is 3.66. The number of alkyl halides is 3. The van der Waals surface area contributed by atoms with Gasteiger partial charge in [0.15, 0.2) is 17.4 Å². The SMILES string of the molecule is CCc1cc(OC(C)CN(C)C)c(F)c(C(Cc2ccc(-c3noc(C)n3)cc2)c2nn(-c3ccccn3)c(=O)[nH]2)c1.O=C(O)C(F)(F)F.